The minimum absolute atomic E-state index is 0.0715. The van der Waals surface area contributed by atoms with Gasteiger partial charge < -0.3 is 19.6 Å². The molecular weight excluding hydrogens is 415 g/mol. The minimum Gasteiger partial charge on any atom is -0.465 e. The molecule has 0 bridgehead atoms. The summed E-state index contributed by atoms with van der Waals surface area (Å²) in [5.41, 5.74) is 2.68. The van der Waals surface area contributed by atoms with E-state index in [0.717, 1.165) is 24.0 Å². The van der Waals surface area contributed by atoms with Crippen molar-refractivity contribution in [2.45, 2.75) is 39.7 Å². The van der Waals surface area contributed by atoms with Crippen LogP contribution in [0.4, 0.5) is 25.4 Å². The van der Waals surface area contributed by atoms with Crippen molar-refractivity contribution in [3.8, 4) is 6.07 Å². The summed E-state index contributed by atoms with van der Waals surface area (Å²) < 4.78 is 20.3. The van der Waals surface area contributed by atoms with Gasteiger partial charge in [0.2, 0.25) is 0 Å². The van der Waals surface area contributed by atoms with Crippen LogP contribution < -0.4 is 9.80 Å². The highest BCUT2D eigenvalue weighted by Gasteiger charge is 2.35. The van der Waals surface area contributed by atoms with Gasteiger partial charge in [-0.05, 0) is 43.9 Å². The quantitative estimate of drug-likeness (QED) is 0.660. The van der Waals surface area contributed by atoms with E-state index in [-0.39, 0.29) is 19.0 Å². The fourth-order valence-corrected chi connectivity index (χ4v) is 4.14. The van der Waals surface area contributed by atoms with Crippen molar-refractivity contribution in [3.05, 3.63) is 35.2 Å². The van der Waals surface area contributed by atoms with E-state index < -0.39 is 24.1 Å². The van der Waals surface area contributed by atoms with Crippen LogP contribution in [0.5, 0.6) is 0 Å². The number of cyclic esters (lactones) is 1. The van der Waals surface area contributed by atoms with Crippen LogP contribution in [0.15, 0.2) is 29.3 Å². The van der Waals surface area contributed by atoms with E-state index in [1.54, 1.807) is 19.1 Å². The lowest BCUT2D eigenvalue weighted by Gasteiger charge is -2.31. The number of carbonyl (C=O) groups excluding carboxylic acids is 1. The molecule has 32 heavy (non-hydrogen) atoms. The van der Waals surface area contributed by atoms with Gasteiger partial charge in [-0.2, -0.15) is 5.26 Å². The second-order valence-electron chi connectivity index (χ2n) is 8.66. The topological polar surface area (TPSA) is 97.1 Å². The number of carboxylic acid groups (broad SMARTS) is 1. The van der Waals surface area contributed by atoms with Crippen LogP contribution in [0.3, 0.4) is 0 Å². The number of hydrogen-bond acceptors (Lipinski definition) is 5. The van der Waals surface area contributed by atoms with E-state index >= 15 is 0 Å². The molecular formula is C23H29FN4O4. The average molecular weight is 445 g/mol. The number of nitriles is 1. The molecule has 9 heteroatoms. The highest BCUT2D eigenvalue weighted by atomic mass is 19.1. The molecule has 1 N–H and O–H groups in total. The number of benzene rings is 1. The third-order valence-corrected chi connectivity index (χ3v) is 5.80. The first-order valence-corrected chi connectivity index (χ1v) is 10.8. The largest absolute Gasteiger partial charge is 0.465 e. The number of ether oxygens (including phenoxy) is 1. The van der Waals surface area contributed by atoms with Crippen molar-refractivity contribution < 1.29 is 23.8 Å². The van der Waals surface area contributed by atoms with Gasteiger partial charge in [-0.3, -0.25) is 4.90 Å². The zero-order valence-corrected chi connectivity index (χ0v) is 18.7. The number of nitrogens with zero attached hydrogens (tertiary/aromatic N) is 4. The summed E-state index contributed by atoms with van der Waals surface area (Å²) in [6, 6.07) is 6.82. The Morgan fingerprint density at radius 1 is 1.38 bits per heavy atom. The predicted molar refractivity (Wildman–Crippen MR) is 118 cm³/mol. The van der Waals surface area contributed by atoms with E-state index in [0.29, 0.717) is 31.0 Å². The van der Waals surface area contributed by atoms with Crippen molar-refractivity contribution in [1.29, 1.82) is 5.26 Å². The van der Waals surface area contributed by atoms with Gasteiger partial charge in [-0.25, -0.2) is 14.0 Å². The van der Waals surface area contributed by atoms with Gasteiger partial charge in [0.05, 0.1) is 30.5 Å². The van der Waals surface area contributed by atoms with Crippen LogP contribution in [-0.4, -0.2) is 61.0 Å². The second kappa shape index (κ2) is 9.90. The van der Waals surface area contributed by atoms with Crippen molar-refractivity contribution >= 4 is 23.6 Å². The maximum atomic E-state index is 14.9. The van der Waals surface area contributed by atoms with E-state index in [9.17, 15) is 19.1 Å². The smallest absolute Gasteiger partial charge is 0.414 e. The summed E-state index contributed by atoms with van der Waals surface area (Å²) in [7, 11) is 0. The molecule has 3 rings (SSSR count). The summed E-state index contributed by atoms with van der Waals surface area (Å²) in [4.78, 5) is 28.3. The van der Waals surface area contributed by atoms with Gasteiger partial charge >= 0.3 is 12.2 Å². The Kier molecular flexibility index (Phi) is 7.23. The molecule has 0 aromatic heterocycles. The van der Waals surface area contributed by atoms with Crippen LogP contribution in [-0.2, 0) is 4.74 Å². The molecule has 0 radical (unpaired) electrons. The molecule has 0 aliphatic carbocycles. The predicted octanol–water partition coefficient (Wildman–Crippen LogP) is 4.23. The number of amides is 2. The summed E-state index contributed by atoms with van der Waals surface area (Å²) in [5, 5.41) is 18.4. The van der Waals surface area contributed by atoms with Gasteiger partial charge in [0.15, 0.2) is 0 Å². The Balaban J connectivity index is 1.67. The lowest BCUT2D eigenvalue weighted by atomic mass is 9.99. The van der Waals surface area contributed by atoms with Crippen LogP contribution in [0.25, 0.3) is 0 Å². The Morgan fingerprint density at radius 3 is 2.62 bits per heavy atom. The Labute approximate surface area is 187 Å². The molecule has 8 nitrogen and oxygen atoms in total. The van der Waals surface area contributed by atoms with Crippen LogP contribution >= 0.6 is 0 Å². The SMILES string of the molecule is CC(C#N)=C1CCN(c2ccc(N3C[C@H](CN(CC(C)C)C(=O)O)OC3=O)cc2F)CC1. The number of carbonyl (C=O) groups is 2. The van der Waals surface area contributed by atoms with Crippen LogP contribution in [0, 0.1) is 23.1 Å². The summed E-state index contributed by atoms with van der Waals surface area (Å²) in [6.45, 7) is 7.45. The van der Waals surface area contributed by atoms with E-state index in [2.05, 4.69) is 6.07 Å². The number of rotatable bonds is 6. The maximum absolute atomic E-state index is 14.9. The monoisotopic (exact) mass is 444 g/mol. The Morgan fingerprint density at radius 2 is 2.06 bits per heavy atom. The third kappa shape index (κ3) is 5.31. The first kappa shape index (κ1) is 23.4. The Hall–Kier alpha value is -3.28. The molecule has 2 fully saturated rings. The lowest BCUT2D eigenvalue weighted by molar-refractivity contribution is 0.0924. The van der Waals surface area contributed by atoms with Crippen LogP contribution in [0.1, 0.15) is 33.6 Å². The number of piperidine rings is 1. The molecule has 2 amide bonds. The molecule has 2 aliphatic rings. The van der Waals surface area contributed by atoms with E-state index in [1.807, 2.05) is 18.7 Å². The normalized spacial score (nSPS) is 18.6. The number of allylic oxidation sites excluding steroid dienone is 1. The molecule has 1 atom stereocenters. The fourth-order valence-electron chi connectivity index (χ4n) is 4.14. The van der Waals surface area contributed by atoms with Crippen molar-refractivity contribution in [2.24, 2.45) is 5.92 Å². The lowest BCUT2D eigenvalue weighted by Crippen LogP contribution is -2.40. The highest BCUT2D eigenvalue weighted by molar-refractivity contribution is 5.90. The zero-order chi connectivity index (χ0) is 23.4. The molecule has 2 heterocycles. The molecule has 2 aliphatic heterocycles. The zero-order valence-electron chi connectivity index (χ0n) is 18.7. The Bertz CT molecular complexity index is 946. The summed E-state index contributed by atoms with van der Waals surface area (Å²) >= 11 is 0. The standard InChI is InChI=1S/C23H29FN4O4/c1-15(2)12-27(22(29)30)13-19-14-28(23(31)32-19)18-4-5-21(20(24)10-18)26-8-6-17(7-9-26)16(3)11-25/h4-5,10,15,19H,6-9,12-14H2,1-3H3,(H,29,30)/t19-/m0/s1. The minimum atomic E-state index is -1.06. The van der Waals surface area contributed by atoms with E-state index in [1.165, 1.54) is 15.9 Å². The molecule has 1 aromatic rings. The van der Waals surface area contributed by atoms with Gasteiger partial charge in [-0.1, -0.05) is 19.4 Å². The third-order valence-electron chi connectivity index (χ3n) is 5.80. The molecule has 0 unspecified atom stereocenters. The molecule has 1 aromatic carbocycles. The van der Waals surface area contributed by atoms with E-state index in [4.69, 9.17) is 10.00 Å². The molecule has 172 valence electrons. The molecule has 0 saturated carbocycles. The first-order chi connectivity index (χ1) is 15.2. The number of halogens is 1. The summed E-state index contributed by atoms with van der Waals surface area (Å²) in [5.74, 6) is -0.290. The first-order valence-electron chi connectivity index (χ1n) is 10.8. The number of anilines is 2. The maximum Gasteiger partial charge on any atom is 0.414 e. The van der Waals surface area contributed by atoms with Gasteiger partial charge in [0, 0.05) is 25.2 Å². The van der Waals surface area contributed by atoms with Crippen molar-refractivity contribution in [2.75, 3.05) is 42.5 Å². The van der Waals surface area contributed by atoms with Gasteiger partial charge in [-0.15, -0.1) is 0 Å². The second-order valence-corrected chi connectivity index (χ2v) is 8.66. The molecule has 2 saturated heterocycles. The van der Waals surface area contributed by atoms with Crippen molar-refractivity contribution in [3.63, 3.8) is 0 Å². The highest BCUT2D eigenvalue weighted by Crippen LogP contribution is 2.31. The summed E-state index contributed by atoms with van der Waals surface area (Å²) in [6.07, 6.45) is -0.852. The number of hydrogen-bond donors (Lipinski definition) is 1. The fraction of sp³-hybridized carbons (Fsp3) is 0.522. The van der Waals surface area contributed by atoms with Crippen LogP contribution in [0.2, 0.25) is 0 Å². The average Bonchev–Trinajstić information content (AvgIpc) is 3.12. The van der Waals surface area contributed by atoms with Gasteiger partial charge in [0.25, 0.3) is 0 Å². The van der Waals surface area contributed by atoms with Crippen molar-refractivity contribution in [1.82, 2.24) is 4.90 Å². The van der Waals surface area contributed by atoms with Gasteiger partial charge in [0.1, 0.15) is 11.9 Å². The molecule has 0 spiro atoms.